The Hall–Kier alpha value is -3.07. The van der Waals surface area contributed by atoms with Crippen molar-refractivity contribution in [3.8, 4) is 11.5 Å². The molecule has 8 nitrogen and oxygen atoms in total. The normalized spacial score (nSPS) is 14.0. The van der Waals surface area contributed by atoms with Crippen molar-refractivity contribution in [2.45, 2.75) is 39.0 Å². The summed E-state index contributed by atoms with van der Waals surface area (Å²) in [6, 6.07) is 8.28. The molecule has 2 heterocycles. The Morgan fingerprint density at radius 3 is 2.65 bits per heavy atom. The number of aromatic nitrogens is 2. The number of halogens is 1. The van der Waals surface area contributed by atoms with E-state index in [1.165, 1.54) is 26.3 Å². The van der Waals surface area contributed by atoms with Crippen molar-refractivity contribution in [2.75, 3.05) is 7.11 Å². The molecule has 3 atom stereocenters. The number of amides is 1. The van der Waals surface area contributed by atoms with Crippen LogP contribution in [0.25, 0.3) is 10.9 Å². The smallest absolute Gasteiger partial charge is 0.328 e. The van der Waals surface area contributed by atoms with Crippen LogP contribution in [0, 0.1) is 0 Å². The third kappa shape index (κ3) is 4.66. The van der Waals surface area contributed by atoms with E-state index in [2.05, 4.69) is 26.2 Å². The summed E-state index contributed by atoms with van der Waals surface area (Å²) in [6.07, 6.45) is 2.82. The zero-order valence-corrected chi connectivity index (χ0v) is 19.2. The van der Waals surface area contributed by atoms with Gasteiger partial charge < -0.3 is 24.5 Å². The molecule has 2 aromatic heterocycles. The molecule has 3 unspecified atom stereocenters. The highest BCUT2D eigenvalue weighted by molar-refractivity contribution is 9.10. The second kappa shape index (κ2) is 9.38. The number of methoxy groups -OCH3 is 1. The van der Waals surface area contributed by atoms with E-state index in [1.807, 2.05) is 42.0 Å². The number of pyridine rings is 1. The van der Waals surface area contributed by atoms with Crippen molar-refractivity contribution >= 4 is 38.7 Å². The number of fused-ring (bicyclic) bond motifs is 1. The van der Waals surface area contributed by atoms with Gasteiger partial charge in [0.1, 0.15) is 12.1 Å². The maximum Gasteiger partial charge on any atom is 0.328 e. The molecule has 0 aliphatic heterocycles. The average Bonchev–Trinajstić information content (AvgIpc) is 3.18. The monoisotopic (exact) mass is 489 g/mol. The molecule has 164 valence electrons. The van der Waals surface area contributed by atoms with Crippen LogP contribution in [-0.2, 0) is 9.53 Å². The van der Waals surface area contributed by atoms with Crippen LogP contribution in [0.1, 0.15) is 37.3 Å². The van der Waals surface area contributed by atoms with E-state index in [0.717, 1.165) is 15.4 Å². The van der Waals surface area contributed by atoms with Crippen LogP contribution in [0.4, 0.5) is 0 Å². The topological polar surface area (TPSA) is 103 Å². The molecule has 31 heavy (non-hydrogen) atoms. The molecule has 0 fully saturated rings. The van der Waals surface area contributed by atoms with Gasteiger partial charge in [0.25, 0.3) is 5.91 Å². The van der Waals surface area contributed by atoms with E-state index in [1.54, 1.807) is 6.92 Å². The van der Waals surface area contributed by atoms with Crippen LogP contribution in [0.15, 0.2) is 47.2 Å². The van der Waals surface area contributed by atoms with Gasteiger partial charge in [0.2, 0.25) is 0 Å². The quantitative estimate of drug-likeness (QED) is 0.489. The van der Waals surface area contributed by atoms with Gasteiger partial charge in [-0.25, -0.2) is 9.78 Å². The van der Waals surface area contributed by atoms with Crippen molar-refractivity contribution in [1.82, 2.24) is 14.9 Å². The van der Waals surface area contributed by atoms with Crippen molar-refractivity contribution < 1.29 is 24.2 Å². The van der Waals surface area contributed by atoms with Gasteiger partial charge in [0.05, 0.1) is 18.7 Å². The van der Waals surface area contributed by atoms with Crippen LogP contribution in [-0.4, -0.2) is 45.8 Å². The summed E-state index contributed by atoms with van der Waals surface area (Å²) in [4.78, 5) is 28.9. The Morgan fingerprint density at radius 1 is 1.19 bits per heavy atom. The number of benzene rings is 1. The molecule has 9 heteroatoms. The molecule has 0 bridgehead atoms. The second-order valence-corrected chi connectivity index (χ2v) is 8.04. The third-order valence-corrected chi connectivity index (χ3v) is 5.77. The SMILES string of the molecule is COc1ccnc(C(=O)NC(C)C(=O)OC(C)C(C)n2ccc3cccc(Br)c32)c1O. The summed E-state index contributed by atoms with van der Waals surface area (Å²) >= 11 is 3.57. The van der Waals surface area contributed by atoms with Crippen molar-refractivity contribution in [3.63, 3.8) is 0 Å². The minimum atomic E-state index is -0.942. The highest BCUT2D eigenvalue weighted by atomic mass is 79.9. The lowest BCUT2D eigenvalue weighted by Gasteiger charge is -2.25. The van der Waals surface area contributed by atoms with E-state index < -0.39 is 29.8 Å². The number of para-hydroxylation sites is 1. The van der Waals surface area contributed by atoms with Gasteiger partial charge in [-0.05, 0) is 48.8 Å². The van der Waals surface area contributed by atoms with Crippen LogP contribution in [0.2, 0.25) is 0 Å². The predicted molar refractivity (Wildman–Crippen MR) is 119 cm³/mol. The van der Waals surface area contributed by atoms with Crippen LogP contribution < -0.4 is 10.1 Å². The number of nitrogens with one attached hydrogen (secondary N) is 1. The van der Waals surface area contributed by atoms with E-state index in [0.29, 0.717) is 0 Å². The first-order valence-corrected chi connectivity index (χ1v) is 10.5. The Morgan fingerprint density at radius 2 is 1.94 bits per heavy atom. The lowest BCUT2D eigenvalue weighted by atomic mass is 10.2. The largest absolute Gasteiger partial charge is 0.503 e. The van der Waals surface area contributed by atoms with Gasteiger partial charge in [-0.3, -0.25) is 4.79 Å². The summed E-state index contributed by atoms with van der Waals surface area (Å²) in [5, 5.41) is 13.6. The number of esters is 1. The highest BCUT2D eigenvalue weighted by Gasteiger charge is 2.26. The van der Waals surface area contributed by atoms with Crippen molar-refractivity contribution in [2.24, 2.45) is 0 Å². The zero-order chi connectivity index (χ0) is 22.7. The summed E-state index contributed by atoms with van der Waals surface area (Å²) in [6.45, 7) is 5.27. The molecule has 1 aromatic carbocycles. The first kappa shape index (κ1) is 22.6. The van der Waals surface area contributed by atoms with Crippen LogP contribution >= 0.6 is 15.9 Å². The zero-order valence-electron chi connectivity index (χ0n) is 17.6. The maximum absolute atomic E-state index is 12.6. The molecule has 3 rings (SSSR count). The van der Waals surface area contributed by atoms with Crippen molar-refractivity contribution in [1.29, 1.82) is 0 Å². The lowest BCUT2D eigenvalue weighted by Crippen LogP contribution is -2.41. The first-order valence-electron chi connectivity index (χ1n) is 9.73. The molecular formula is C22H24BrN3O5. The molecule has 0 saturated carbocycles. The molecule has 1 amide bonds. The average molecular weight is 490 g/mol. The lowest BCUT2D eigenvalue weighted by molar-refractivity contribution is -0.151. The number of ether oxygens (including phenoxy) is 2. The Kier molecular flexibility index (Phi) is 6.84. The summed E-state index contributed by atoms with van der Waals surface area (Å²) in [7, 11) is 1.37. The van der Waals surface area contributed by atoms with E-state index in [9.17, 15) is 14.7 Å². The van der Waals surface area contributed by atoms with Crippen LogP contribution in [0.5, 0.6) is 11.5 Å². The Labute approximate surface area is 188 Å². The molecule has 2 N–H and O–H groups in total. The third-order valence-electron chi connectivity index (χ3n) is 5.13. The number of rotatable bonds is 7. The van der Waals surface area contributed by atoms with E-state index in [4.69, 9.17) is 9.47 Å². The minimum Gasteiger partial charge on any atom is -0.503 e. The Balaban J connectivity index is 1.67. The van der Waals surface area contributed by atoms with Crippen molar-refractivity contribution in [3.05, 3.63) is 52.9 Å². The van der Waals surface area contributed by atoms with Gasteiger partial charge in [0.15, 0.2) is 17.2 Å². The Bertz CT molecular complexity index is 1110. The number of carbonyl (C=O) groups excluding carboxylic acids is 2. The predicted octanol–water partition coefficient (Wildman–Crippen LogP) is 3.82. The van der Waals surface area contributed by atoms with Gasteiger partial charge in [-0.2, -0.15) is 0 Å². The first-order chi connectivity index (χ1) is 14.7. The standard InChI is InChI=1S/C22H24BrN3O5/c1-12(25-21(28)18-20(27)17(30-4)8-10-24-18)22(29)31-14(3)13(2)26-11-9-15-6-5-7-16(23)19(15)26/h5-14,27H,1-4H3,(H,25,28). The molecular weight excluding hydrogens is 466 g/mol. The highest BCUT2D eigenvalue weighted by Crippen LogP contribution is 2.30. The van der Waals surface area contributed by atoms with Gasteiger partial charge in [-0.1, -0.05) is 12.1 Å². The summed E-state index contributed by atoms with van der Waals surface area (Å²) in [5.41, 5.74) is 0.780. The van der Waals surface area contributed by atoms with Crippen LogP contribution in [0.3, 0.4) is 0 Å². The molecule has 3 aromatic rings. The molecule has 0 saturated heterocycles. The molecule has 0 aliphatic carbocycles. The fourth-order valence-corrected chi connectivity index (χ4v) is 3.80. The maximum atomic E-state index is 12.6. The fraction of sp³-hybridized carbons (Fsp3) is 0.318. The number of aromatic hydroxyl groups is 1. The number of hydrogen-bond acceptors (Lipinski definition) is 6. The summed E-state index contributed by atoms with van der Waals surface area (Å²) in [5.74, 6) is -1.58. The molecule has 0 aliphatic rings. The fourth-order valence-electron chi connectivity index (χ4n) is 3.21. The summed E-state index contributed by atoms with van der Waals surface area (Å²) < 4.78 is 13.6. The van der Waals surface area contributed by atoms with Gasteiger partial charge in [-0.15, -0.1) is 0 Å². The van der Waals surface area contributed by atoms with Gasteiger partial charge >= 0.3 is 5.97 Å². The minimum absolute atomic E-state index is 0.114. The van der Waals surface area contributed by atoms with E-state index >= 15 is 0 Å². The number of nitrogens with zero attached hydrogens (tertiary/aromatic N) is 2. The molecule has 0 radical (unpaired) electrons. The van der Waals surface area contributed by atoms with E-state index in [-0.39, 0.29) is 17.5 Å². The number of carbonyl (C=O) groups is 2. The number of hydrogen-bond donors (Lipinski definition) is 2. The van der Waals surface area contributed by atoms with Gasteiger partial charge in [0, 0.05) is 28.3 Å². The molecule has 0 spiro atoms. The second-order valence-electron chi connectivity index (χ2n) is 7.19.